The van der Waals surface area contributed by atoms with E-state index >= 15 is 0 Å². The molecule has 0 bridgehead atoms. The van der Waals surface area contributed by atoms with Crippen LogP contribution in [0.15, 0.2) is 0 Å². The molecule has 0 atom stereocenters. The van der Waals surface area contributed by atoms with E-state index in [0.29, 0.717) is 25.2 Å². The van der Waals surface area contributed by atoms with Crippen molar-refractivity contribution in [1.29, 1.82) is 0 Å². The number of rotatable bonds is 3. The van der Waals surface area contributed by atoms with Gasteiger partial charge in [0.25, 0.3) is 0 Å². The van der Waals surface area contributed by atoms with Crippen LogP contribution in [0.5, 0.6) is 0 Å². The molecule has 20 heavy (non-hydrogen) atoms. The van der Waals surface area contributed by atoms with Gasteiger partial charge in [-0.1, -0.05) is 13.3 Å². The Balaban J connectivity index is 2.00. The monoisotopic (exact) mass is 287 g/mol. The number of nitrogens with zero attached hydrogens (tertiary/aromatic N) is 2. The molecular formula is C14H20F3N3. The lowest BCUT2D eigenvalue weighted by molar-refractivity contribution is -0.148. The second-order valence-corrected chi connectivity index (χ2v) is 6.05. The lowest BCUT2D eigenvalue weighted by Gasteiger charge is -2.42. The van der Waals surface area contributed by atoms with Gasteiger partial charge < -0.3 is 9.88 Å². The number of aromatic nitrogens is 2. The molecule has 1 aromatic rings. The maximum Gasteiger partial charge on any atom is 0.449 e. The van der Waals surface area contributed by atoms with E-state index in [9.17, 15) is 13.2 Å². The third kappa shape index (κ3) is 2.24. The largest absolute Gasteiger partial charge is 0.449 e. The molecule has 1 aliphatic carbocycles. The molecule has 0 amide bonds. The van der Waals surface area contributed by atoms with Crippen molar-refractivity contribution in [3.63, 3.8) is 0 Å². The first-order chi connectivity index (χ1) is 9.45. The number of fused-ring (bicyclic) bond motifs is 1. The third-order valence-electron chi connectivity index (χ3n) is 4.90. The molecule has 1 saturated carbocycles. The highest BCUT2D eigenvalue weighted by atomic mass is 19.4. The maximum absolute atomic E-state index is 13.2. The molecule has 2 aliphatic rings. The Bertz CT molecular complexity index is 495. The van der Waals surface area contributed by atoms with Gasteiger partial charge in [0, 0.05) is 31.7 Å². The van der Waals surface area contributed by atoms with Crippen LogP contribution in [-0.4, -0.2) is 16.1 Å². The fourth-order valence-corrected chi connectivity index (χ4v) is 3.39. The molecule has 0 saturated heterocycles. The molecule has 1 aromatic heterocycles. The van der Waals surface area contributed by atoms with Gasteiger partial charge >= 0.3 is 6.18 Å². The summed E-state index contributed by atoms with van der Waals surface area (Å²) in [7, 11) is 0. The Hall–Kier alpha value is -1.04. The summed E-state index contributed by atoms with van der Waals surface area (Å²) in [5.41, 5.74) is 1.42. The zero-order valence-corrected chi connectivity index (χ0v) is 11.7. The summed E-state index contributed by atoms with van der Waals surface area (Å²) in [4.78, 5) is 3.87. The predicted octanol–water partition coefficient (Wildman–Crippen LogP) is 3.13. The normalized spacial score (nSPS) is 21.4. The van der Waals surface area contributed by atoms with Crippen molar-refractivity contribution in [2.24, 2.45) is 5.41 Å². The molecular weight excluding hydrogens is 267 g/mol. The maximum atomic E-state index is 13.2. The molecule has 0 aromatic carbocycles. The zero-order valence-electron chi connectivity index (χ0n) is 11.7. The first kappa shape index (κ1) is 13.9. The SMILES string of the molecule is CCC1(Cn2c(C(F)(F)F)nc3c2CCNC3)CCC1. The molecule has 1 N–H and O–H groups in total. The van der Waals surface area contributed by atoms with Crippen molar-refractivity contribution in [3.05, 3.63) is 17.2 Å². The average Bonchev–Trinajstić information content (AvgIpc) is 2.72. The van der Waals surface area contributed by atoms with Gasteiger partial charge in [-0.15, -0.1) is 0 Å². The van der Waals surface area contributed by atoms with E-state index in [1.54, 1.807) is 0 Å². The molecule has 6 heteroatoms. The van der Waals surface area contributed by atoms with Gasteiger partial charge in [0.15, 0.2) is 0 Å². The lowest BCUT2D eigenvalue weighted by Crippen LogP contribution is -2.36. The van der Waals surface area contributed by atoms with E-state index in [2.05, 4.69) is 17.2 Å². The molecule has 3 nitrogen and oxygen atoms in total. The second kappa shape index (κ2) is 4.76. The van der Waals surface area contributed by atoms with Crippen molar-refractivity contribution in [2.45, 2.75) is 58.3 Å². The minimum absolute atomic E-state index is 0.0549. The van der Waals surface area contributed by atoms with Crippen molar-refractivity contribution < 1.29 is 13.2 Å². The summed E-state index contributed by atoms with van der Waals surface area (Å²) >= 11 is 0. The Kier molecular flexibility index (Phi) is 3.31. The Morgan fingerprint density at radius 2 is 2.10 bits per heavy atom. The number of halogens is 3. The molecule has 1 fully saturated rings. The van der Waals surface area contributed by atoms with Crippen molar-refractivity contribution >= 4 is 0 Å². The topological polar surface area (TPSA) is 29.9 Å². The van der Waals surface area contributed by atoms with E-state index in [1.165, 1.54) is 4.57 Å². The summed E-state index contributed by atoms with van der Waals surface area (Å²) in [5, 5.41) is 3.09. The molecule has 3 rings (SSSR count). The lowest BCUT2D eigenvalue weighted by atomic mass is 9.67. The molecule has 0 unspecified atom stereocenters. The number of imidazole rings is 1. The first-order valence-electron chi connectivity index (χ1n) is 7.31. The number of nitrogens with one attached hydrogen (secondary N) is 1. The van der Waals surface area contributed by atoms with Crippen LogP contribution in [0, 0.1) is 5.41 Å². The standard InChI is InChI=1S/C14H20F3N3/c1-2-13(5-3-6-13)9-20-11-4-7-18-8-10(11)19-12(20)14(15,16)17/h18H,2-9H2,1H3. The highest BCUT2D eigenvalue weighted by molar-refractivity contribution is 5.22. The summed E-state index contributed by atoms with van der Waals surface area (Å²) in [6.45, 7) is 3.73. The zero-order chi connectivity index (χ0) is 14.4. The minimum Gasteiger partial charge on any atom is -0.324 e. The summed E-state index contributed by atoms with van der Waals surface area (Å²) in [6.07, 6.45) is 0.412. The second-order valence-electron chi connectivity index (χ2n) is 6.05. The Labute approximate surface area is 116 Å². The van der Waals surface area contributed by atoms with Crippen LogP contribution in [0.1, 0.15) is 49.8 Å². The molecule has 0 spiro atoms. The Morgan fingerprint density at radius 1 is 1.35 bits per heavy atom. The summed E-state index contributed by atoms with van der Waals surface area (Å²) in [5.74, 6) is -0.703. The molecule has 2 heterocycles. The van der Waals surface area contributed by atoms with Gasteiger partial charge in [-0.3, -0.25) is 0 Å². The van der Waals surface area contributed by atoms with E-state index < -0.39 is 12.0 Å². The fourth-order valence-electron chi connectivity index (χ4n) is 3.39. The molecule has 0 radical (unpaired) electrons. The number of hydrogen-bond acceptors (Lipinski definition) is 2. The van der Waals surface area contributed by atoms with E-state index in [1.807, 2.05) is 0 Å². The van der Waals surface area contributed by atoms with Gasteiger partial charge in [0.2, 0.25) is 5.82 Å². The summed E-state index contributed by atoms with van der Waals surface area (Å²) < 4.78 is 41.2. The van der Waals surface area contributed by atoms with Crippen LogP contribution < -0.4 is 5.32 Å². The quantitative estimate of drug-likeness (QED) is 0.925. The highest BCUT2D eigenvalue weighted by Crippen LogP contribution is 2.46. The van der Waals surface area contributed by atoms with Gasteiger partial charge in [-0.2, -0.15) is 13.2 Å². The van der Waals surface area contributed by atoms with Gasteiger partial charge in [-0.25, -0.2) is 4.98 Å². The van der Waals surface area contributed by atoms with E-state index in [4.69, 9.17) is 0 Å². The van der Waals surface area contributed by atoms with Crippen LogP contribution in [0.3, 0.4) is 0 Å². The van der Waals surface area contributed by atoms with Crippen LogP contribution in [0.25, 0.3) is 0 Å². The first-order valence-corrected chi connectivity index (χ1v) is 7.31. The number of hydrogen-bond donors (Lipinski definition) is 1. The van der Waals surface area contributed by atoms with Crippen molar-refractivity contribution in [2.75, 3.05) is 6.54 Å². The van der Waals surface area contributed by atoms with E-state index in [0.717, 1.165) is 37.9 Å². The van der Waals surface area contributed by atoms with Gasteiger partial charge in [-0.05, 0) is 24.7 Å². The van der Waals surface area contributed by atoms with Crippen molar-refractivity contribution in [3.8, 4) is 0 Å². The highest BCUT2D eigenvalue weighted by Gasteiger charge is 2.43. The average molecular weight is 287 g/mol. The van der Waals surface area contributed by atoms with E-state index in [-0.39, 0.29) is 5.41 Å². The third-order valence-corrected chi connectivity index (χ3v) is 4.90. The molecule has 1 aliphatic heterocycles. The fraction of sp³-hybridized carbons (Fsp3) is 0.786. The molecule has 112 valence electrons. The summed E-state index contributed by atoms with van der Waals surface area (Å²) in [6, 6.07) is 0. The van der Waals surface area contributed by atoms with Crippen LogP contribution in [0.2, 0.25) is 0 Å². The van der Waals surface area contributed by atoms with Crippen LogP contribution in [-0.2, 0) is 25.7 Å². The predicted molar refractivity (Wildman–Crippen MR) is 69.2 cm³/mol. The van der Waals surface area contributed by atoms with Crippen molar-refractivity contribution in [1.82, 2.24) is 14.9 Å². The Morgan fingerprint density at radius 3 is 2.65 bits per heavy atom. The number of alkyl halides is 3. The van der Waals surface area contributed by atoms with Gasteiger partial charge in [0.05, 0.1) is 5.69 Å². The smallest absolute Gasteiger partial charge is 0.324 e. The minimum atomic E-state index is -4.37. The van der Waals surface area contributed by atoms with Crippen LogP contribution >= 0.6 is 0 Å². The van der Waals surface area contributed by atoms with Gasteiger partial charge in [0.1, 0.15) is 0 Å². The van der Waals surface area contributed by atoms with Crippen LogP contribution in [0.4, 0.5) is 13.2 Å².